The predicted molar refractivity (Wildman–Crippen MR) is 38.9 cm³/mol. The Bertz CT molecular complexity index is 256. The molecular weight excluding hydrogens is 189 g/mol. The first kappa shape index (κ1) is 9.44. The van der Waals surface area contributed by atoms with Gasteiger partial charge >= 0.3 is 6.18 Å². The third-order valence-electron chi connectivity index (χ3n) is 1.18. The Balaban J connectivity index is 2.77. The first-order valence-electron chi connectivity index (χ1n) is 3.44. The molecule has 0 unspecified atom stereocenters. The van der Waals surface area contributed by atoms with Crippen LogP contribution in [0.4, 0.5) is 13.2 Å². The summed E-state index contributed by atoms with van der Waals surface area (Å²) in [4.78, 5) is 3.35. The highest BCUT2D eigenvalue weighted by molar-refractivity contribution is 7.05. The third-order valence-corrected chi connectivity index (χ3v) is 1.98. The standard InChI is InChI=1S/C6H7F3N2S/c1-2-3-4-10-5(12-11-4)6(7,8)9/h2-3H2,1H3. The number of halogens is 3. The molecule has 0 saturated heterocycles. The van der Waals surface area contributed by atoms with E-state index in [0.717, 1.165) is 6.42 Å². The van der Waals surface area contributed by atoms with Gasteiger partial charge in [-0.25, -0.2) is 4.98 Å². The van der Waals surface area contributed by atoms with Crippen molar-refractivity contribution in [1.29, 1.82) is 0 Å². The summed E-state index contributed by atoms with van der Waals surface area (Å²) in [5.74, 6) is 0.287. The highest BCUT2D eigenvalue weighted by Gasteiger charge is 2.35. The maximum absolute atomic E-state index is 11.9. The molecule has 0 aromatic carbocycles. The zero-order chi connectivity index (χ0) is 9.19. The second-order valence-electron chi connectivity index (χ2n) is 2.26. The second kappa shape index (κ2) is 3.38. The van der Waals surface area contributed by atoms with Crippen molar-refractivity contribution in [1.82, 2.24) is 9.36 Å². The molecule has 0 fully saturated rings. The zero-order valence-electron chi connectivity index (χ0n) is 6.35. The van der Waals surface area contributed by atoms with E-state index in [9.17, 15) is 13.2 Å². The van der Waals surface area contributed by atoms with Crippen LogP contribution in [0.3, 0.4) is 0 Å². The van der Waals surface area contributed by atoms with E-state index in [1.165, 1.54) is 0 Å². The Morgan fingerprint density at radius 3 is 2.50 bits per heavy atom. The molecule has 0 radical (unpaired) electrons. The molecule has 0 saturated carbocycles. The van der Waals surface area contributed by atoms with Crippen LogP contribution in [-0.4, -0.2) is 9.36 Å². The van der Waals surface area contributed by atoms with E-state index in [2.05, 4.69) is 9.36 Å². The number of rotatable bonds is 2. The first-order valence-corrected chi connectivity index (χ1v) is 4.21. The monoisotopic (exact) mass is 196 g/mol. The maximum atomic E-state index is 11.9. The molecule has 2 nitrogen and oxygen atoms in total. The SMILES string of the molecule is CCCc1nsc(C(F)(F)F)n1. The van der Waals surface area contributed by atoms with Crippen molar-refractivity contribution in [3.05, 3.63) is 10.8 Å². The normalized spacial score (nSPS) is 12.0. The Labute approximate surface area is 71.6 Å². The molecule has 1 aromatic rings. The van der Waals surface area contributed by atoms with Gasteiger partial charge in [-0.1, -0.05) is 6.92 Å². The van der Waals surface area contributed by atoms with Crippen molar-refractivity contribution in [2.24, 2.45) is 0 Å². The van der Waals surface area contributed by atoms with Crippen LogP contribution in [0, 0.1) is 0 Å². The van der Waals surface area contributed by atoms with Gasteiger partial charge in [-0.2, -0.15) is 17.5 Å². The lowest BCUT2D eigenvalue weighted by Gasteiger charge is -1.97. The highest BCUT2D eigenvalue weighted by Crippen LogP contribution is 2.30. The van der Waals surface area contributed by atoms with Gasteiger partial charge in [-0.15, -0.1) is 0 Å². The van der Waals surface area contributed by atoms with Gasteiger partial charge in [-0.05, 0) is 18.0 Å². The molecule has 1 heterocycles. The lowest BCUT2D eigenvalue weighted by molar-refractivity contribution is -0.137. The minimum atomic E-state index is -4.34. The van der Waals surface area contributed by atoms with Gasteiger partial charge in [0, 0.05) is 6.42 Å². The number of hydrogen-bond donors (Lipinski definition) is 0. The average molecular weight is 196 g/mol. The number of nitrogens with zero attached hydrogens (tertiary/aromatic N) is 2. The first-order chi connectivity index (χ1) is 5.54. The molecular formula is C6H7F3N2S. The minimum absolute atomic E-state index is 0.287. The maximum Gasteiger partial charge on any atom is 0.444 e. The topological polar surface area (TPSA) is 25.8 Å². The van der Waals surface area contributed by atoms with E-state index in [1.807, 2.05) is 6.92 Å². The van der Waals surface area contributed by atoms with Crippen LogP contribution in [0.5, 0.6) is 0 Å². The zero-order valence-corrected chi connectivity index (χ0v) is 7.17. The molecule has 0 spiro atoms. The van der Waals surface area contributed by atoms with E-state index >= 15 is 0 Å². The van der Waals surface area contributed by atoms with Gasteiger partial charge in [0.2, 0.25) is 5.01 Å². The van der Waals surface area contributed by atoms with Crippen LogP contribution in [0.1, 0.15) is 24.2 Å². The van der Waals surface area contributed by atoms with Crippen molar-refractivity contribution in [3.63, 3.8) is 0 Å². The Hall–Kier alpha value is -0.650. The van der Waals surface area contributed by atoms with Crippen LogP contribution in [0.15, 0.2) is 0 Å². The van der Waals surface area contributed by atoms with Crippen molar-refractivity contribution in [2.75, 3.05) is 0 Å². The number of alkyl halides is 3. The van der Waals surface area contributed by atoms with E-state index in [0.29, 0.717) is 18.0 Å². The Morgan fingerprint density at radius 2 is 2.08 bits per heavy atom. The molecule has 0 N–H and O–H groups in total. The molecule has 68 valence electrons. The Kier molecular flexibility index (Phi) is 2.66. The smallest absolute Gasteiger partial charge is 0.215 e. The quantitative estimate of drug-likeness (QED) is 0.726. The van der Waals surface area contributed by atoms with Crippen molar-refractivity contribution in [2.45, 2.75) is 25.9 Å². The van der Waals surface area contributed by atoms with E-state index in [-0.39, 0.29) is 5.82 Å². The number of hydrogen-bond acceptors (Lipinski definition) is 3. The van der Waals surface area contributed by atoms with E-state index < -0.39 is 11.2 Å². The van der Waals surface area contributed by atoms with Gasteiger partial charge in [-0.3, -0.25) is 0 Å². The number of aromatic nitrogens is 2. The molecule has 0 aliphatic carbocycles. The summed E-state index contributed by atoms with van der Waals surface area (Å²) in [6.45, 7) is 1.87. The summed E-state index contributed by atoms with van der Waals surface area (Å²) in [5, 5.41) is -0.856. The largest absolute Gasteiger partial charge is 0.444 e. The van der Waals surface area contributed by atoms with Gasteiger partial charge < -0.3 is 0 Å². The summed E-state index contributed by atoms with van der Waals surface area (Å²) >= 11 is 0.410. The average Bonchev–Trinajstić information content (AvgIpc) is 2.35. The van der Waals surface area contributed by atoms with Crippen molar-refractivity contribution in [3.8, 4) is 0 Å². The highest BCUT2D eigenvalue weighted by atomic mass is 32.1. The second-order valence-corrected chi connectivity index (χ2v) is 3.02. The van der Waals surface area contributed by atoms with Gasteiger partial charge in [0.05, 0.1) is 0 Å². The third kappa shape index (κ3) is 2.17. The number of aryl methyl sites for hydroxylation is 1. The van der Waals surface area contributed by atoms with Crippen LogP contribution in [0.25, 0.3) is 0 Å². The molecule has 12 heavy (non-hydrogen) atoms. The fourth-order valence-electron chi connectivity index (χ4n) is 0.694. The predicted octanol–water partition coefficient (Wildman–Crippen LogP) is 2.51. The minimum Gasteiger partial charge on any atom is -0.215 e. The summed E-state index contributed by atoms with van der Waals surface area (Å²) in [6, 6.07) is 0. The van der Waals surface area contributed by atoms with Gasteiger partial charge in [0.15, 0.2) is 0 Å². The fraction of sp³-hybridized carbons (Fsp3) is 0.667. The summed E-state index contributed by atoms with van der Waals surface area (Å²) in [7, 11) is 0. The molecule has 0 bridgehead atoms. The Morgan fingerprint density at radius 1 is 1.42 bits per heavy atom. The molecule has 6 heteroatoms. The van der Waals surface area contributed by atoms with Crippen molar-refractivity contribution >= 4 is 11.5 Å². The molecule has 1 aromatic heterocycles. The fourth-order valence-corrected chi connectivity index (χ4v) is 1.27. The molecule has 0 aliphatic heterocycles. The molecule has 1 rings (SSSR count). The van der Waals surface area contributed by atoms with Crippen LogP contribution in [0.2, 0.25) is 0 Å². The van der Waals surface area contributed by atoms with Gasteiger partial charge in [0.1, 0.15) is 5.82 Å². The summed E-state index contributed by atoms with van der Waals surface area (Å²) in [5.41, 5.74) is 0. The lowest BCUT2D eigenvalue weighted by Crippen LogP contribution is -2.04. The lowest BCUT2D eigenvalue weighted by atomic mass is 10.3. The van der Waals surface area contributed by atoms with Gasteiger partial charge in [0.25, 0.3) is 0 Å². The van der Waals surface area contributed by atoms with Crippen LogP contribution < -0.4 is 0 Å². The van der Waals surface area contributed by atoms with Crippen LogP contribution >= 0.6 is 11.5 Å². The summed E-state index contributed by atoms with van der Waals surface area (Å²) in [6.07, 6.45) is -3.08. The van der Waals surface area contributed by atoms with Crippen LogP contribution in [-0.2, 0) is 12.6 Å². The molecule has 0 aliphatic rings. The van der Waals surface area contributed by atoms with Crippen molar-refractivity contribution < 1.29 is 13.2 Å². The summed E-state index contributed by atoms with van der Waals surface area (Å²) < 4.78 is 39.4. The van der Waals surface area contributed by atoms with E-state index in [1.54, 1.807) is 0 Å². The van der Waals surface area contributed by atoms with E-state index in [4.69, 9.17) is 0 Å². The molecule has 0 amide bonds. The molecule has 0 atom stereocenters.